The molecule has 0 spiro atoms. The Morgan fingerprint density at radius 3 is 2.75 bits per heavy atom. The van der Waals surface area contributed by atoms with Crippen LogP contribution in [0.5, 0.6) is 5.75 Å². The van der Waals surface area contributed by atoms with E-state index in [0.29, 0.717) is 30.9 Å². The zero-order valence-corrected chi connectivity index (χ0v) is 14.0. The molecule has 1 N–H and O–H groups in total. The Labute approximate surface area is 145 Å². The third-order valence-electron chi connectivity index (χ3n) is 4.19. The molecule has 0 radical (unpaired) electrons. The first-order valence-corrected chi connectivity index (χ1v) is 8.91. The number of amides is 1. The molecule has 5 heteroatoms. The zero-order valence-electron chi connectivity index (χ0n) is 13.2. The van der Waals surface area contributed by atoms with Crippen LogP contribution >= 0.6 is 11.8 Å². The number of nitrogens with zero attached hydrogens (tertiary/aromatic N) is 1. The van der Waals surface area contributed by atoms with Gasteiger partial charge in [-0.2, -0.15) is 0 Å². The Bertz CT molecular complexity index is 733. The largest absolute Gasteiger partial charge is 0.507 e. The third kappa shape index (κ3) is 3.79. The van der Waals surface area contributed by atoms with E-state index in [4.69, 9.17) is 0 Å². The van der Waals surface area contributed by atoms with Gasteiger partial charge in [-0.05, 0) is 36.6 Å². The Balaban J connectivity index is 1.59. The van der Waals surface area contributed by atoms with Gasteiger partial charge in [-0.15, -0.1) is 11.8 Å². The van der Waals surface area contributed by atoms with Gasteiger partial charge >= 0.3 is 0 Å². The second-order valence-electron chi connectivity index (χ2n) is 5.92. The maximum Gasteiger partial charge on any atom is 0.257 e. The van der Waals surface area contributed by atoms with E-state index < -0.39 is 0 Å². The molecular formula is C19H19NO3S. The van der Waals surface area contributed by atoms with Gasteiger partial charge in [0.2, 0.25) is 0 Å². The minimum Gasteiger partial charge on any atom is -0.507 e. The van der Waals surface area contributed by atoms with Gasteiger partial charge in [0.1, 0.15) is 12.0 Å². The molecule has 0 bridgehead atoms. The molecule has 1 aliphatic heterocycles. The molecule has 2 aromatic rings. The van der Waals surface area contributed by atoms with Crippen molar-refractivity contribution in [1.82, 2.24) is 4.90 Å². The number of aromatic hydroxyl groups is 1. The molecule has 4 nitrogen and oxygen atoms in total. The Kier molecular flexibility index (Phi) is 5.20. The van der Waals surface area contributed by atoms with Crippen LogP contribution in [0, 0.1) is 5.92 Å². The van der Waals surface area contributed by atoms with Crippen LogP contribution < -0.4 is 0 Å². The van der Waals surface area contributed by atoms with Crippen molar-refractivity contribution in [1.29, 1.82) is 0 Å². The highest BCUT2D eigenvalue weighted by Crippen LogP contribution is 2.28. The first-order valence-electron chi connectivity index (χ1n) is 7.92. The number of thioether (sulfide) groups is 1. The fraction of sp³-hybridized carbons (Fsp3) is 0.263. The monoisotopic (exact) mass is 341 g/mol. The van der Waals surface area contributed by atoms with Crippen LogP contribution in [0.25, 0.3) is 0 Å². The molecule has 3 rings (SSSR count). The van der Waals surface area contributed by atoms with Crippen molar-refractivity contribution < 1.29 is 14.7 Å². The normalized spacial score (nSPS) is 17.0. The average molecular weight is 341 g/mol. The molecule has 2 aromatic carbocycles. The minimum atomic E-state index is -0.169. The van der Waals surface area contributed by atoms with Gasteiger partial charge in [0, 0.05) is 29.3 Å². The topological polar surface area (TPSA) is 57.6 Å². The fourth-order valence-electron chi connectivity index (χ4n) is 2.86. The Morgan fingerprint density at radius 1 is 1.25 bits per heavy atom. The standard InChI is InChI=1S/C19H19NO3S/c21-12-14-6-7-17(18(22)10-14)19(23)20-9-8-15(11-20)13-24-16-4-2-1-3-5-16/h1-7,10,12,15,22H,8-9,11,13H2. The maximum absolute atomic E-state index is 12.6. The third-order valence-corrected chi connectivity index (χ3v) is 5.43. The number of aldehydes is 1. The summed E-state index contributed by atoms with van der Waals surface area (Å²) in [7, 11) is 0. The van der Waals surface area contributed by atoms with Crippen molar-refractivity contribution in [2.45, 2.75) is 11.3 Å². The summed E-state index contributed by atoms with van der Waals surface area (Å²) in [5.41, 5.74) is 0.625. The van der Waals surface area contributed by atoms with Crippen molar-refractivity contribution in [2.24, 2.45) is 5.92 Å². The number of hydrogen-bond donors (Lipinski definition) is 1. The summed E-state index contributed by atoms with van der Waals surface area (Å²) in [6.07, 6.45) is 1.62. The molecule has 1 heterocycles. The van der Waals surface area contributed by atoms with Crippen molar-refractivity contribution in [3.05, 3.63) is 59.7 Å². The van der Waals surface area contributed by atoms with Crippen LogP contribution in [-0.4, -0.2) is 41.0 Å². The van der Waals surface area contributed by atoms with E-state index in [2.05, 4.69) is 12.1 Å². The summed E-state index contributed by atoms with van der Waals surface area (Å²) < 4.78 is 0. The maximum atomic E-state index is 12.6. The summed E-state index contributed by atoms with van der Waals surface area (Å²) in [5.74, 6) is 1.13. The smallest absolute Gasteiger partial charge is 0.257 e. The first kappa shape index (κ1) is 16.6. The van der Waals surface area contributed by atoms with Crippen molar-refractivity contribution in [3.63, 3.8) is 0 Å². The van der Waals surface area contributed by atoms with Crippen LogP contribution in [0.1, 0.15) is 27.1 Å². The first-order chi connectivity index (χ1) is 11.7. The molecule has 0 saturated carbocycles. The number of phenolic OH excluding ortho intramolecular Hbond substituents is 1. The number of likely N-dealkylation sites (tertiary alicyclic amines) is 1. The van der Waals surface area contributed by atoms with Gasteiger partial charge in [-0.25, -0.2) is 0 Å². The zero-order chi connectivity index (χ0) is 16.9. The van der Waals surface area contributed by atoms with Crippen molar-refractivity contribution >= 4 is 24.0 Å². The molecule has 124 valence electrons. The lowest BCUT2D eigenvalue weighted by Crippen LogP contribution is -2.29. The summed E-state index contributed by atoms with van der Waals surface area (Å²) in [4.78, 5) is 26.3. The van der Waals surface area contributed by atoms with Gasteiger partial charge in [0.15, 0.2) is 0 Å². The lowest BCUT2D eigenvalue weighted by molar-refractivity contribution is 0.0785. The second-order valence-corrected chi connectivity index (χ2v) is 7.02. The van der Waals surface area contributed by atoms with Gasteiger partial charge in [-0.3, -0.25) is 9.59 Å². The SMILES string of the molecule is O=Cc1ccc(C(=O)N2CCC(CSc3ccccc3)C2)c(O)c1. The predicted octanol–water partition coefficient (Wildman–Crippen LogP) is 3.46. The summed E-state index contributed by atoms with van der Waals surface area (Å²) in [6.45, 7) is 1.40. The number of carbonyl (C=O) groups is 2. The number of benzene rings is 2. The van der Waals surface area contributed by atoms with Gasteiger partial charge < -0.3 is 10.0 Å². The van der Waals surface area contributed by atoms with Crippen molar-refractivity contribution in [3.8, 4) is 5.75 Å². The number of rotatable bonds is 5. The highest BCUT2D eigenvalue weighted by atomic mass is 32.2. The van der Waals surface area contributed by atoms with E-state index in [0.717, 1.165) is 12.2 Å². The molecule has 0 aliphatic carbocycles. The minimum absolute atomic E-state index is 0.133. The highest BCUT2D eigenvalue weighted by molar-refractivity contribution is 7.99. The van der Waals surface area contributed by atoms with Gasteiger partial charge in [-0.1, -0.05) is 24.3 Å². The van der Waals surface area contributed by atoms with E-state index in [9.17, 15) is 14.7 Å². The lowest BCUT2D eigenvalue weighted by atomic mass is 10.1. The van der Waals surface area contributed by atoms with Gasteiger partial charge in [0.25, 0.3) is 5.91 Å². The highest BCUT2D eigenvalue weighted by Gasteiger charge is 2.28. The van der Waals surface area contributed by atoms with Crippen LogP contribution in [0.15, 0.2) is 53.4 Å². The predicted molar refractivity (Wildman–Crippen MR) is 94.7 cm³/mol. The molecule has 1 aliphatic rings. The Hall–Kier alpha value is -2.27. The Morgan fingerprint density at radius 2 is 2.04 bits per heavy atom. The summed E-state index contributed by atoms with van der Waals surface area (Å²) >= 11 is 1.81. The molecule has 1 amide bonds. The van der Waals surface area contributed by atoms with Crippen LogP contribution in [0.2, 0.25) is 0 Å². The van der Waals surface area contributed by atoms with E-state index in [1.165, 1.54) is 17.0 Å². The molecule has 1 saturated heterocycles. The number of phenols is 1. The van der Waals surface area contributed by atoms with Gasteiger partial charge in [0.05, 0.1) is 5.56 Å². The molecule has 1 unspecified atom stereocenters. The fourth-order valence-corrected chi connectivity index (χ4v) is 3.91. The van der Waals surface area contributed by atoms with E-state index >= 15 is 0 Å². The molecule has 24 heavy (non-hydrogen) atoms. The van der Waals surface area contributed by atoms with Crippen LogP contribution in [0.4, 0.5) is 0 Å². The molecular weight excluding hydrogens is 322 g/mol. The quantitative estimate of drug-likeness (QED) is 0.668. The average Bonchev–Trinajstić information content (AvgIpc) is 3.09. The number of carbonyl (C=O) groups excluding carboxylic acids is 2. The van der Waals surface area contributed by atoms with Crippen LogP contribution in [0.3, 0.4) is 0 Å². The molecule has 1 fully saturated rings. The van der Waals surface area contributed by atoms with Crippen molar-refractivity contribution in [2.75, 3.05) is 18.8 Å². The van der Waals surface area contributed by atoms with Crippen LogP contribution in [-0.2, 0) is 0 Å². The molecule has 0 aromatic heterocycles. The summed E-state index contributed by atoms with van der Waals surface area (Å²) in [5, 5.41) is 9.96. The second kappa shape index (κ2) is 7.53. The van der Waals surface area contributed by atoms with E-state index in [1.54, 1.807) is 11.0 Å². The number of hydrogen-bond acceptors (Lipinski definition) is 4. The molecule has 1 atom stereocenters. The lowest BCUT2D eigenvalue weighted by Gasteiger charge is -2.17. The summed E-state index contributed by atoms with van der Waals surface area (Å²) in [6, 6.07) is 14.6. The van der Waals surface area contributed by atoms with E-state index in [-0.39, 0.29) is 17.2 Å². The van der Waals surface area contributed by atoms with E-state index in [1.807, 2.05) is 30.0 Å².